The minimum absolute atomic E-state index is 0.155. The van der Waals surface area contributed by atoms with Crippen LogP contribution in [0.5, 0.6) is 0 Å². The van der Waals surface area contributed by atoms with Crippen molar-refractivity contribution >= 4 is 17.4 Å². The van der Waals surface area contributed by atoms with Crippen molar-refractivity contribution < 1.29 is 9.53 Å². The van der Waals surface area contributed by atoms with E-state index in [1.165, 1.54) is 4.88 Å². The molecular weight excluding hydrogens is 310 g/mol. The fourth-order valence-corrected chi connectivity index (χ4v) is 4.55. The van der Waals surface area contributed by atoms with Crippen molar-refractivity contribution in [2.75, 3.05) is 6.54 Å². The molecule has 2 bridgehead atoms. The standard InChI is InChI=1S/C17H27N3O2S/c1-10-14(23-9-19-10)7-18-11(2)15-12-6-13(15)20(8-12)16(21)22-17(3,4)5/h9,11-13,15,18H,6-8H2,1-5H3. The van der Waals surface area contributed by atoms with Gasteiger partial charge in [-0.3, -0.25) is 0 Å². The zero-order valence-electron chi connectivity index (χ0n) is 14.6. The summed E-state index contributed by atoms with van der Waals surface area (Å²) >= 11 is 1.70. The maximum Gasteiger partial charge on any atom is 0.410 e. The topological polar surface area (TPSA) is 54.5 Å². The molecule has 0 radical (unpaired) electrons. The van der Waals surface area contributed by atoms with Gasteiger partial charge in [-0.2, -0.15) is 0 Å². The second-order valence-electron chi connectivity index (χ2n) is 7.80. The lowest BCUT2D eigenvalue weighted by Gasteiger charge is -2.40. The normalized spacial score (nSPS) is 27.7. The number of nitrogens with one attached hydrogen (secondary N) is 1. The SMILES string of the molecule is Cc1ncsc1CNC(C)C1C2CC1N(C(=O)OC(C)(C)C)C2. The molecule has 1 aromatic rings. The fraction of sp³-hybridized carbons (Fsp3) is 0.765. The van der Waals surface area contributed by atoms with Gasteiger partial charge in [-0.25, -0.2) is 9.78 Å². The van der Waals surface area contributed by atoms with Gasteiger partial charge in [0.15, 0.2) is 0 Å². The van der Waals surface area contributed by atoms with Gasteiger partial charge in [0.2, 0.25) is 0 Å². The molecule has 23 heavy (non-hydrogen) atoms. The van der Waals surface area contributed by atoms with Gasteiger partial charge in [0.05, 0.1) is 11.2 Å². The molecule has 1 aliphatic carbocycles. The van der Waals surface area contributed by atoms with Gasteiger partial charge in [0.25, 0.3) is 0 Å². The second-order valence-corrected chi connectivity index (χ2v) is 8.74. The summed E-state index contributed by atoms with van der Waals surface area (Å²) in [5.41, 5.74) is 2.59. The van der Waals surface area contributed by atoms with Crippen LogP contribution in [0.4, 0.5) is 4.79 Å². The third-order valence-electron chi connectivity index (χ3n) is 5.00. The lowest BCUT2D eigenvalue weighted by Crippen LogP contribution is -2.51. The highest BCUT2D eigenvalue weighted by Gasteiger charge is 2.56. The number of ether oxygens (including phenoxy) is 1. The van der Waals surface area contributed by atoms with Gasteiger partial charge in [0.1, 0.15) is 5.60 Å². The average Bonchev–Trinajstić information content (AvgIpc) is 3.08. The number of nitrogens with zero attached hydrogens (tertiary/aromatic N) is 2. The third kappa shape index (κ3) is 3.38. The van der Waals surface area contributed by atoms with Crippen LogP contribution in [-0.4, -0.2) is 40.2 Å². The first-order valence-corrected chi connectivity index (χ1v) is 9.26. The van der Waals surface area contributed by atoms with Crippen molar-refractivity contribution in [3.63, 3.8) is 0 Å². The molecule has 4 rings (SSSR count). The first-order valence-electron chi connectivity index (χ1n) is 8.38. The van der Waals surface area contributed by atoms with Crippen LogP contribution in [-0.2, 0) is 11.3 Å². The highest BCUT2D eigenvalue weighted by atomic mass is 32.1. The van der Waals surface area contributed by atoms with Crippen LogP contribution in [0.1, 0.15) is 44.7 Å². The third-order valence-corrected chi connectivity index (χ3v) is 5.93. The summed E-state index contributed by atoms with van der Waals surface area (Å²) < 4.78 is 5.54. The first kappa shape index (κ1) is 16.7. The molecule has 1 amide bonds. The molecule has 4 unspecified atom stereocenters. The highest BCUT2D eigenvalue weighted by Crippen LogP contribution is 2.48. The minimum atomic E-state index is -0.423. The van der Waals surface area contributed by atoms with Gasteiger partial charge >= 0.3 is 6.09 Å². The predicted molar refractivity (Wildman–Crippen MR) is 91.5 cm³/mol. The van der Waals surface area contributed by atoms with Crippen LogP contribution >= 0.6 is 11.3 Å². The number of aromatic nitrogens is 1. The van der Waals surface area contributed by atoms with Gasteiger partial charge < -0.3 is 15.0 Å². The minimum Gasteiger partial charge on any atom is -0.444 e. The van der Waals surface area contributed by atoms with Crippen molar-refractivity contribution in [1.82, 2.24) is 15.2 Å². The Balaban J connectivity index is 1.54. The van der Waals surface area contributed by atoms with E-state index in [9.17, 15) is 4.79 Å². The summed E-state index contributed by atoms with van der Waals surface area (Å²) in [6.45, 7) is 11.8. The van der Waals surface area contributed by atoms with E-state index >= 15 is 0 Å². The smallest absolute Gasteiger partial charge is 0.410 e. The van der Waals surface area contributed by atoms with Crippen LogP contribution < -0.4 is 5.32 Å². The van der Waals surface area contributed by atoms with E-state index in [4.69, 9.17) is 4.74 Å². The van der Waals surface area contributed by atoms with E-state index in [0.717, 1.165) is 25.2 Å². The van der Waals surface area contributed by atoms with Crippen LogP contribution in [0, 0.1) is 18.8 Å². The Hall–Kier alpha value is -1.14. The lowest BCUT2D eigenvalue weighted by atomic mass is 9.70. The Kier molecular flexibility index (Phi) is 4.40. The monoisotopic (exact) mass is 337 g/mol. The number of thiazole rings is 1. The largest absolute Gasteiger partial charge is 0.444 e. The summed E-state index contributed by atoms with van der Waals surface area (Å²) in [5, 5.41) is 3.63. The summed E-state index contributed by atoms with van der Waals surface area (Å²) in [4.78, 5) is 19.9. The fourth-order valence-electron chi connectivity index (χ4n) is 3.82. The van der Waals surface area contributed by atoms with Crippen molar-refractivity contribution in [2.24, 2.45) is 11.8 Å². The zero-order chi connectivity index (χ0) is 16.8. The summed E-state index contributed by atoms with van der Waals surface area (Å²) in [6.07, 6.45) is 0.966. The van der Waals surface area contributed by atoms with Crippen LogP contribution in [0.25, 0.3) is 0 Å². The number of amides is 1. The number of carbonyl (C=O) groups is 1. The molecule has 1 saturated carbocycles. The molecule has 1 N–H and O–H groups in total. The van der Waals surface area contributed by atoms with Gasteiger partial charge in [0, 0.05) is 30.1 Å². The Morgan fingerprint density at radius 1 is 1.57 bits per heavy atom. The summed E-state index contributed by atoms with van der Waals surface area (Å²) in [5.74, 6) is 1.15. The van der Waals surface area contributed by atoms with Crippen LogP contribution in [0.15, 0.2) is 5.51 Å². The quantitative estimate of drug-likeness (QED) is 0.917. The van der Waals surface area contributed by atoms with E-state index in [2.05, 4.69) is 24.1 Å². The highest BCUT2D eigenvalue weighted by molar-refractivity contribution is 7.09. The molecule has 3 fully saturated rings. The van der Waals surface area contributed by atoms with E-state index in [1.54, 1.807) is 11.3 Å². The number of hydrogen-bond donors (Lipinski definition) is 1. The van der Waals surface area contributed by atoms with Crippen molar-refractivity contribution in [3.8, 4) is 0 Å². The van der Waals surface area contributed by atoms with Crippen LogP contribution in [0.2, 0.25) is 0 Å². The van der Waals surface area contributed by atoms with E-state index in [1.807, 2.05) is 31.2 Å². The maximum absolute atomic E-state index is 12.3. The van der Waals surface area contributed by atoms with Gasteiger partial charge in [-0.15, -0.1) is 11.3 Å². The Labute approximate surface area is 142 Å². The second kappa shape index (κ2) is 6.06. The molecule has 3 aliphatic rings. The number of carbonyl (C=O) groups excluding carboxylic acids is 1. The Morgan fingerprint density at radius 3 is 2.91 bits per heavy atom. The number of aryl methyl sites for hydroxylation is 1. The van der Waals surface area contributed by atoms with Crippen molar-refractivity contribution in [1.29, 1.82) is 0 Å². The molecular formula is C17H27N3O2S. The molecule has 2 aliphatic heterocycles. The number of hydrogen-bond acceptors (Lipinski definition) is 5. The molecule has 128 valence electrons. The molecule has 6 heteroatoms. The number of fused-ring (bicyclic) bond motifs is 1. The Morgan fingerprint density at radius 2 is 2.30 bits per heavy atom. The predicted octanol–water partition coefficient (Wildman–Crippen LogP) is 3.19. The van der Waals surface area contributed by atoms with Crippen LogP contribution in [0.3, 0.4) is 0 Å². The van der Waals surface area contributed by atoms with E-state index in [0.29, 0.717) is 23.9 Å². The molecule has 2 saturated heterocycles. The Bertz CT molecular complexity index is 581. The lowest BCUT2D eigenvalue weighted by molar-refractivity contribution is 0.0181. The number of rotatable bonds is 4. The molecule has 1 aromatic heterocycles. The first-order chi connectivity index (χ1) is 10.8. The van der Waals surface area contributed by atoms with Crippen molar-refractivity contribution in [3.05, 3.63) is 16.1 Å². The maximum atomic E-state index is 12.3. The van der Waals surface area contributed by atoms with E-state index < -0.39 is 5.60 Å². The molecule has 0 spiro atoms. The van der Waals surface area contributed by atoms with E-state index in [-0.39, 0.29) is 6.09 Å². The van der Waals surface area contributed by atoms with Crippen molar-refractivity contribution in [2.45, 2.75) is 65.3 Å². The van der Waals surface area contributed by atoms with Gasteiger partial charge in [-0.05, 0) is 52.9 Å². The zero-order valence-corrected chi connectivity index (χ0v) is 15.4. The van der Waals surface area contributed by atoms with Gasteiger partial charge in [-0.1, -0.05) is 0 Å². The molecule has 4 atom stereocenters. The summed E-state index contributed by atoms with van der Waals surface area (Å²) in [6, 6.07) is 0.729. The molecule has 5 nitrogen and oxygen atoms in total. The summed E-state index contributed by atoms with van der Waals surface area (Å²) in [7, 11) is 0. The molecule has 0 aromatic carbocycles. The molecule has 3 heterocycles. The average molecular weight is 337 g/mol.